The van der Waals surface area contributed by atoms with Crippen LogP contribution in [0.25, 0.3) is 10.8 Å². The predicted molar refractivity (Wildman–Crippen MR) is 110 cm³/mol. The largest absolute Gasteiger partial charge is 0.508 e. The lowest BCUT2D eigenvalue weighted by Gasteiger charge is -2.29. The van der Waals surface area contributed by atoms with Crippen molar-refractivity contribution in [1.29, 1.82) is 0 Å². The van der Waals surface area contributed by atoms with Crippen molar-refractivity contribution in [2.75, 3.05) is 26.4 Å². The Bertz CT molecular complexity index is 801. The molecule has 2 aromatic carbocycles. The fourth-order valence-corrected chi connectivity index (χ4v) is 2.84. The first-order chi connectivity index (χ1) is 14.0. The molecule has 0 radical (unpaired) electrons. The lowest BCUT2D eigenvalue weighted by Crippen LogP contribution is -2.45. The topological polar surface area (TPSA) is 74.3 Å². The second-order valence-corrected chi connectivity index (χ2v) is 6.66. The first-order valence-electron chi connectivity index (χ1n) is 9.83. The molecule has 2 aromatic rings. The summed E-state index contributed by atoms with van der Waals surface area (Å²) in [4.78, 5) is 25.7. The van der Waals surface area contributed by atoms with Gasteiger partial charge in [-0.3, -0.25) is 0 Å². The first kappa shape index (κ1) is 22.3. The number of rotatable bonds is 9. The second-order valence-electron chi connectivity index (χ2n) is 6.66. The average molecular weight is 403 g/mol. The number of fused-ring (bicyclic) bond motifs is 1. The fraction of sp³-hybridized carbons (Fsp3) is 0.455. The van der Waals surface area contributed by atoms with E-state index in [4.69, 9.17) is 18.9 Å². The number of carbonyl (C=O) groups is 2. The van der Waals surface area contributed by atoms with E-state index in [9.17, 15) is 9.59 Å². The lowest BCUT2D eigenvalue weighted by molar-refractivity contribution is -0.00850. The number of ether oxygens (including phenoxy) is 4. The average Bonchev–Trinajstić information content (AvgIpc) is 2.70. The van der Waals surface area contributed by atoms with Crippen LogP contribution < -0.4 is 4.74 Å². The molecule has 1 atom stereocenters. The Hall–Kier alpha value is -2.96. The van der Waals surface area contributed by atoms with Crippen molar-refractivity contribution in [3.63, 3.8) is 0 Å². The van der Waals surface area contributed by atoms with Gasteiger partial charge in [0.25, 0.3) is 0 Å². The van der Waals surface area contributed by atoms with Crippen LogP contribution in [0.1, 0.15) is 27.7 Å². The van der Waals surface area contributed by atoms with Crippen LogP contribution >= 0.6 is 0 Å². The summed E-state index contributed by atoms with van der Waals surface area (Å²) in [6, 6.07) is 13.5. The fourth-order valence-electron chi connectivity index (χ4n) is 2.84. The third-order valence-electron chi connectivity index (χ3n) is 4.23. The molecule has 29 heavy (non-hydrogen) atoms. The van der Waals surface area contributed by atoms with Gasteiger partial charge in [0.2, 0.25) is 0 Å². The normalized spacial score (nSPS) is 11.8. The number of hydrogen-bond acceptors (Lipinski definition) is 6. The number of benzene rings is 2. The van der Waals surface area contributed by atoms with Crippen LogP contribution in [0, 0.1) is 0 Å². The minimum absolute atomic E-state index is 0.0649. The zero-order chi connectivity index (χ0) is 21.2. The Balaban J connectivity index is 2.16. The monoisotopic (exact) mass is 403 g/mol. The molecular weight excluding hydrogens is 374 g/mol. The maximum Gasteiger partial charge on any atom is 0.508 e. The van der Waals surface area contributed by atoms with Crippen LogP contribution in [0.3, 0.4) is 0 Å². The molecule has 7 nitrogen and oxygen atoms in total. The summed E-state index contributed by atoms with van der Waals surface area (Å²) in [6.45, 7) is 7.82. The van der Waals surface area contributed by atoms with Crippen molar-refractivity contribution >= 4 is 23.0 Å². The quantitative estimate of drug-likeness (QED) is 0.569. The Labute approximate surface area is 171 Å². The van der Waals surface area contributed by atoms with E-state index in [1.54, 1.807) is 13.8 Å². The van der Waals surface area contributed by atoms with Crippen molar-refractivity contribution in [1.82, 2.24) is 4.90 Å². The molecule has 0 aliphatic heterocycles. The van der Waals surface area contributed by atoms with Crippen molar-refractivity contribution in [2.24, 2.45) is 0 Å². The highest BCUT2D eigenvalue weighted by Crippen LogP contribution is 2.25. The number of carbonyl (C=O) groups excluding carboxylic acids is 2. The van der Waals surface area contributed by atoms with Crippen LogP contribution in [-0.2, 0) is 14.2 Å². The lowest BCUT2D eigenvalue weighted by atomic mass is 10.1. The van der Waals surface area contributed by atoms with Gasteiger partial charge in [-0.1, -0.05) is 36.4 Å². The van der Waals surface area contributed by atoms with Gasteiger partial charge in [-0.2, -0.15) is 0 Å². The molecule has 0 bridgehead atoms. The standard InChI is InChI=1S/C22H29NO6/c1-5-26-21(24)23(16(3)4)14-18(29-22(25)27-6-2)15-28-20-13-9-11-17-10-7-8-12-19(17)20/h7-13,16,18H,5-6,14-15H2,1-4H3. The van der Waals surface area contributed by atoms with Gasteiger partial charge in [-0.05, 0) is 39.1 Å². The second kappa shape index (κ2) is 11.1. The van der Waals surface area contributed by atoms with Gasteiger partial charge in [0.1, 0.15) is 12.4 Å². The molecule has 0 aliphatic carbocycles. The predicted octanol–water partition coefficient (Wildman–Crippen LogP) is 4.63. The van der Waals surface area contributed by atoms with E-state index < -0.39 is 18.4 Å². The highest BCUT2D eigenvalue weighted by Gasteiger charge is 2.26. The molecule has 0 saturated heterocycles. The van der Waals surface area contributed by atoms with Crippen LogP contribution in [0.2, 0.25) is 0 Å². The van der Waals surface area contributed by atoms with E-state index in [2.05, 4.69) is 0 Å². The van der Waals surface area contributed by atoms with Gasteiger partial charge in [-0.25, -0.2) is 9.59 Å². The molecule has 0 saturated carbocycles. The Morgan fingerprint density at radius 2 is 1.66 bits per heavy atom. The molecule has 0 fully saturated rings. The highest BCUT2D eigenvalue weighted by atomic mass is 16.7. The Morgan fingerprint density at radius 1 is 0.966 bits per heavy atom. The summed E-state index contributed by atoms with van der Waals surface area (Å²) in [5.41, 5.74) is 0. The summed E-state index contributed by atoms with van der Waals surface area (Å²) in [5, 5.41) is 2.00. The molecule has 0 N–H and O–H groups in total. The van der Waals surface area contributed by atoms with Crippen molar-refractivity contribution in [3.8, 4) is 5.75 Å². The van der Waals surface area contributed by atoms with E-state index in [0.717, 1.165) is 10.8 Å². The summed E-state index contributed by atoms with van der Waals surface area (Å²) in [6.07, 6.45) is -1.99. The number of amides is 1. The first-order valence-corrected chi connectivity index (χ1v) is 9.83. The van der Waals surface area contributed by atoms with E-state index in [0.29, 0.717) is 5.75 Å². The summed E-state index contributed by atoms with van der Waals surface area (Å²) in [5.74, 6) is 0.674. The molecule has 0 heterocycles. The van der Waals surface area contributed by atoms with Crippen LogP contribution in [-0.4, -0.2) is 55.7 Å². The van der Waals surface area contributed by atoms with E-state index in [1.165, 1.54) is 4.90 Å². The zero-order valence-corrected chi connectivity index (χ0v) is 17.4. The maximum atomic E-state index is 12.3. The van der Waals surface area contributed by atoms with Crippen molar-refractivity contribution in [2.45, 2.75) is 39.8 Å². The highest BCUT2D eigenvalue weighted by molar-refractivity contribution is 5.88. The molecule has 0 aromatic heterocycles. The van der Waals surface area contributed by atoms with Crippen LogP contribution in [0.15, 0.2) is 42.5 Å². The maximum absolute atomic E-state index is 12.3. The van der Waals surface area contributed by atoms with Crippen LogP contribution in [0.5, 0.6) is 5.75 Å². The smallest absolute Gasteiger partial charge is 0.489 e. The molecule has 158 valence electrons. The van der Waals surface area contributed by atoms with E-state index in [1.807, 2.05) is 56.3 Å². The molecule has 0 aliphatic rings. The minimum Gasteiger partial charge on any atom is -0.489 e. The molecular formula is C22H29NO6. The van der Waals surface area contributed by atoms with Crippen molar-refractivity contribution in [3.05, 3.63) is 42.5 Å². The van der Waals surface area contributed by atoms with Gasteiger partial charge in [0.05, 0.1) is 19.8 Å². The third-order valence-corrected chi connectivity index (χ3v) is 4.23. The van der Waals surface area contributed by atoms with E-state index >= 15 is 0 Å². The summed E-state index contributed by atoms with van der Waals surface area (Å²) < 4.78 is 21.4. The van der Waals surface area contributed by atoms with Crippen LogP contribution in [0.4, 0.5) is 9.59 Å². The molecule has 2 rings (SSSR count). The molecule has 7 heteroatoms. The van der Waals surface area contributed by atoms with Gasteiger partial charge < -0.3 is 23.8 Å². The van der Waals surface area contributed by atoms with Gasteiger partial charge in [0.15, 0.2) is 6.10 Å². The SMILES string of the molecule is CCOC(=O)OC(COc1cccc2ccccc12)CN(C(=O)OCC)C(C)C. The van der Waals surface area contributed by atoms with Gasteiger partial charge in [-0.15, -0.1) is 0 Å². The number of nitrogens with zero attached hydrogens (tertiary/aromatic N) is 1. The third kappa shape index (κ3) is 6.55. The van der Waals surface area contributed by atoms with Crippen molar-refractivity contribution < 1.29 is 28.5 Å². The van der Waals surface area contributed by atoms with Gasteiger partial charge >= 0.3 is 12.2 Å². The molecule has 1 unspecified atom stereocenters. The minimum atomic E-state index is -0.799. The van der Waals surface area contributed by atoms with Gasteiger partial charge in [0, 0.05) is 11.4 Å². The zero-order valence-electron chi connectivity index (χ0n) is 17.4. The molecule has 1 amide bonds. The Kier molecular flexibility index (Phi) is 8.58. The number of hydrogen-bond donors (Lipinski definition) is 0. The Morgan fingerprint density at radius 3 is 2.34 bits per heavy atom. The van der Waals surface area contributed by atoms with E-state index in [-0.39, 0.29) is 32.4 Å². The molecule has 0 spiro atoms. The summed E-state index contributed by atoms with van der Waals surface area (Å²) >= 11 is 0. The summed E-state index contributed by atoms with van der Waals surface area (Å²) in [7, 11) is 0.